The fraction of sp³-hybridized carbons (Fsp3) is 0.615. The van der Waals surface area contributed by atoms with E-state index in [0.29, 0.717) is 11.3 Å². The van der Waals surface area contributed by atoms with E-state index in [1.54, 1.807) is 0 Å². The minimum atomic E-state index is 0.0550. The van der Waals surface area contributed by atoms with E-state index in [-0.39, 0.29) is 18.0 Å². The Morgan fingerprint density at radius 3 is 2.00 bits per heavy atom. The standard InChI is InChI=1S/C13H21NO2/c1-8(2)14(9(3)4)13(15)12-7-10(5)16-11(12)6/h7-9H,1-6H3. The van der Waals surface area contributed by atoms with Crippen molar-refractivity contribution < 1.29 is 9.21 Å². The van der Waals surface area contributed by atoms with Crippen molar-refractivity contribution in [3.05, 3.63) is 23.2 Å². The average molecular weight is 223 g/mol. The van der Waals surface area contributed by atoms with Crippen molar-refractivity contribution in [2.75, 3.05) is 0 Å². The zero-order valence-electron chi connectivity index (χ0n) is 11.0. The Hall–Kier alpha value is -1.25. The van der Waals surface area contributed by atoms with Crippen LogP contribution in [0.25, 0.3) is 0 Å². The lowest BCUT2D eigenvalue weighted by Crippen LogP contribution is -2.42. The second kappa shape index (κ2) is 4.73. The molecule has 1 amide bonds. The van der Waals surface area contributed by atoms with Crippen molar-refractivity contribution in [1.82, 2.24) is 4.90 Å². The third kappa shape index (κ3) is 2.46. The summed E-state index contributed by atoms with van der Waals surface area (Å²) in [5.41, 5.74) is 0.680. The van der Waals surface area contributed by atoms with E-state index in [9.17, 15) is 4.79 Å². The van der Waals surface area contributed by atoms with Gasteiger partial charge in [0.1, 0.15) is 11.5 Å². The molecule has 0 atom stereocenters. The molecular weight excluding hydrogens is 202 g/mol. The predicted octanol–water partition coefficient (Wildman–Crippen LogP) is 3.16. The van der Waals surface area contributed by atoms with Crippen LogP contribution in [-0.4, -0.2) is 22.9 Å². The molecule has 0 aromatic carbocycles. The Morgan fingerprint density at radius 2 is 1.69 bits per heavy atom. The van der Waals surface area contributed by atoms with Crippen LogP contribution < -0.4 is 0 Å². The molecule has 1 aromatic rings. The van der Waals surface area contributed by atoms with Gasteiger partial charge in [0.05, 0.1) is 5.56 Å². The number of furan rings is 1. The van der Waals surface area contributed by atoms with Crippen LogP contribution >= 0.6 is 0 Å². The van der Waals surface area contributed by atoms with Crippen LogP contribution in [0.1, 0.15) is 49.6 Å². The lowest BCUT2D eigenvalue weighted by molar-refractivity contribution is 0.0642. The van der Waals surface area contributed by atoms with Gasteiger partial charge in [0, 0.05) is 12.1 Å². The van der Waals surface area contributed by atoms with Gasteiger partial charge in [-0.1, -0.05) is 0 Å². The Labute approximate surface area is 97.4 Å². The topological polar surface area (TPSA) is 33.5 Å². The summed E-state index contributed by atoms with van der Waals surface area (Å²) in [5, 5.41) is 0. The van der Waals surface area contributed by atoms with E-state index in [0.717, 1.165) is 5.76 Å². The largest absolute Gasteiger partial charge is 0.466 e. The minimum absolute atomic E-state index is 0.0550. The molecule has 1 rings (SSSR count). The van der Waals surface area contributed by atoms with E-state index in [1.165, 1.54) is 0 Å². The molecule has 0 bridgehead atoms. The highest BCUT2D eigenvalue weighted by Gasteiger charge is 2.24. The summed E-state index contributed by atoms with van der Waals surface area (Å²) in [4.78, 5) is 14.2. The van der Waals surface area contributed by atoms with Gasteiger partial charge in [-0.05, 0) is 47.6 Å². The maximum Gasteiger partial charge on any atom is 0.257 e. The highest BCUT2D eigenvalue weighted by Crippen LogP contribution is 2.18. The first kappa shape index (κ1) is 12.8. The Balaban J connectivity index is 3.04. The highest BCUT2D eigenvalue weighted by atomic mass is 16.3. The Morgan fingerprint density at radius 1 is 1.19 bits per heavy atom. The monoisotopic (exact) mass is 223 g/mol. The van der Waals surface area contributed by atoms with Crippen molar-refractivity contribution in [2.24, 2.45) is 0 Å². The van der Waals surface area contributed by atoms with E-state index >= 15 is 0 Å². The number of hydrogen-bond donors (Lipinski definition) is 0. The maximum absolute atomic E-state index is 12.3. The third-order valence-corrected chi connectivity index (χ3v) is 2.62. The smallest absolute Gasteiger partial charge is 0.257 e. The molecular formula is C13H21NO2. The molecule has 0 saturated heterocycles. The SMILES string of the molecule is Cc1cc(C(=O)N(C(C)C)C(C)C)c(C)o1. The van der Waals surface area contributed by atoms with Gasteiger partial charge in [0.15, 0.2) is 0 Å². The van der Waals surface area contributed by atoms with Crippen LogP contribution in [0.3, 0.4) is 0 Å². The van der Waals surface area contributed by atoms with E-state index in [2.05, 4.69) is 0 Å². The Kier molecular flexibility index (Phi) is 3.79. The van der Waals surface area contributed by atoms with Gasteiger partial charge >= 0.3 is 0 Å². The van der Waals surface area contributed by atoms with Crippen molar-refractivity contribution in [1.29, 1.82) is 0 Å². The van der Waals surface area contributed by atoms with E-state index in [4.69, 9.17) is 4.42 Å². The van der Waals surface area contributed by atoms with Crippen LogP contribution in [-0.2, 0) is 0 Å². The molecule has 0 radical (unpaired) electrons. The second-order valence-corrected chi connectivity index (χ2v) is 4.73. The molecule has 1 heterocycles. The molecule has 0 unspecified atom stereocenters. The fourth-order valence-electron chi connectivity index (χ4n) is 2.05. The van der Waals surface area contributed by atoms with Gasteiger partial charge in [-0.3, -0.25) is 4.79 Å². The number of hydrogen-bond acceptors (Lipinski definition) is 2. The van der Waals surface area contributed by atoms with Crippen LogP contribution in [0.2, 0.25) is 0 Å². The van der Waals surface area contributed by atoms with Crippen molar-refractivity contribution in [3.63, 3.8) is 0 Å². The number of nitrogens with zero attached hydrogens (tertiary/aromatic N) is 1. The third-order valence-electron chi connectivity index (χ3n) is 2.62. The van der Waals surface area contributed by atoms with Gasteiger partial charge in [-0.25, -0.2) is 0 Å². The van der Waals surface area contributed by atoms with Crippen molar-refractivity contribution in [2.45, 2.75) is 53.6 Å². The number of carbonyl (C=O) groups excluding carboxylic acids is 1. The maximum atomic E-state index is 12.3. The molecule has 3 nitrogen and oxygen atoms in total. The molecule has 3 heteroatoms. The molecule has 16 heavy (non-hydrogen) atoms. The van der Waals surface area contributed by atoms with Gasteiger partial charge in [-0.2, -0.15) is 0 Å². The molecule has 0 N–H and O–H groups in total. The lowest BCUT2D eigenvalue weighted by Gasteiger charge is -2.30. The summed E-state index contributed by atoms with van der Waals surface area (Å²) in [6, 6.07) is 2.21. The first-order valence-electron chi connectivity index (χ1n) is 5.74. The quantitative estimate of drug-likeness (QED) is 0.788. The first-order valence-corrected chi connectivity index (χ1v) is 5.74. The van der Waals surface area contributed by atoms with Gasteiger partial charge in [0.2, 0.25) is 0 Å². The Bertz CT molecular complexity index is 369. The summed E-state index contributed by atoms with van der Waals surface area (Å²) in [6.07, 6.45) is 0. The van der Waals surface area contributed by atoms with Crippen LogP contribution in [0, 0.1) is 13.8 Å². The van der Waals surface area contributed by atoms with Crippen molar-refractivity contribution in [3.8, 4) is 0 Å². The summed E-state index contributed by atoms with van der Waals surface area (Å²) in [5.74, 6) is 1.54. The summed E-state index contributed by atoms with van der Waals surface area (Å²) >= 11 is 0. The van der Waals surface area contributed by atoms with Gasteiger partial charge in [-0.15, -0.1) is 0 Å². The van der Waals surface area contributed by atoms with E-state index in [1.807, 2.05) is 52.5 Å². The summed E-state index contributed by atoms with van der Waals surface area (Å²) < 4.78 is 5.40. The zero-order chi connectivity index (χ0) is 12.5. The first-order chi connectivity index (χ1) is 7.34. The van der Waals surface area contributed by atoms with Crippen LogP contribution in [0.5, 0.6) is 0 Å². The number of amides is 1. The summed E-state index contributed by atoms with van der Waals surface area (Å²) in [6.45, 7) is 11.8. The van der Waals surface area contributed by atoms with Crippen molar-refractivity contribution >= 4 is 5.91 Å². The normalized spacial score (nSPS) is 11.2. The fourth-order valence-corrected chi connectivity index (χ4v) is 2.05. The second-order valence-electron chi connectivity index (χ2n) is 4.73. The lowest BCUT2D eigenvalue weighted by atomic mass is 10.1. The number of aryl methyl sites for hydroxylation is 2. The molecule has 0 saturated carbocycles. The van der Waals surface area contributed by atoms with Crippen LogP contribution in [0.4, 0.5) is 0 Å². The number of carbonyl (C=O) groups is 1. The molecule has 90 valence electrons. The minimum Gasteiger partial charge on any atom is -0.466 e. The summed E-state index contributed by atoms with van der Waals surface area (Å²) in [7, 11) is 0. The molecule has 0 spiro atoms. The predicted molar refractivity (Wildman–Crippen MR) is 64.6 cm³/mol. The molecule has 1 aromatic heterocycles. The van der Waals surface area contributed by atoms with Gasteiger partial charge < -0.3 is 9.32 Å². The molecule has 0 fully saturated rings. The van der Waals surface area contributed by atoms with Crippen LogP contribution in [0.15, 0.2) is 10.5 Å². The average Bonchev–Trinajstić information content (AvgIpc) is 2.43. The molecule has 0 aliphatic rings. The highest BCUT2D eigenvalue weighted by molar-refractivity contribution is 5.95. The zero-order valence-corrected chi connectivity index (χ0v) is 11.0. The number of rotatable bonds is 3. The van der Waals surface area contributed by atoms with Gasteiger partial charge in [0.25, 0.3) is 5.91 Å². The molecule has 0 aliphatic carbocycles. The van der Waals surface area contributed by atoms with E-state index < -0.39 is 0 Å². The molecule has 0 aliphatic heterocycles.